The number of para-hydroxylation sites is 1. The Bertz CT molecular complexity index is 2140. The molecule has 0 saturated heterocycles. The van der Waals surface area contributed by atoms with Crippen LogP contribution in [0.3, 0.4) is 0 Å². The molecule has 1 aromatic heterocycles. The Balaban J connectivity index is -0.000000949. The van der Waals surface area contributed by atoms with Gasteiger partial charge in [0.15, 0.2) is 0 Å². The van der Waals surface area contributed by atoms with Gasteiger partial charge in [-0.2, -0.15) is 0 Å². The molecule has 0 radical (unpaired) electrons. The third kappa shape index (κ3) is 29.9. The van der Waals surface area contributed by atoms with Gasteiger partial charge < -0.3 is 15.2 Å². The van der Waals surface area contributed by atoms with E-state index in [1.54, 1.807) is 27.7 Å². The van der Waals surface area contributed by atoms with Crippen LogP contribution in [-0.2, 0) is 24.0 Å². The summed E-state index contributed by atoms with van der Waals surface area (Å²) in [6, 6.07) is 22.5. The standard InChI is InChI=1S/C18H26N2O.C16H25NO.C12H25NO.C11H23NO2.C10H21NO2.CH4/c1-12(2)20(13(3)4)18(10-14(5)21)16-11-19-17-9-7-6-8-15(16)17;1-12(2)17(13(3)4)16(11-14(5)18)15-9-7-6-8-10-15;1-9(2)13(10(3)4)12(6,7)8-11(5)14;1-8(2)12(9(3)4)11(6,14)7-10(5)13;1-7(2)11(8(3)4)10(13)6-9(5)12;/h6-9,11-13,18-19H,10H2,1-5H3;6-10,12-13,16H,11H2,1-5H3;9-10H,8H2,1-7H3;8-9,14H,7H2,1-6H3;7-8,10,13H,6H2,1-5H3;1H4. The largest absolute Gasteiger partial charge is 0.378 e. The summed E-state index contributed by atoms with van der Waals surface area (Å²) in [5.41, 5.74) is 2.52. The number of ketones is 5. The first-order valence-electron chi connectivity index (χ1n) is 29.9. The maximum atomic E-state index is 11.8. The lowest BCUT2D eigenvalue weighted by Crippen LogP contribution is -2.54. The van der Waals surface area contributed by atoms with Crippen LogP contribution in [0, 0.1) is 0 Å². The predicted octanol–water partition coefficient (Wildman–Crippen LogP) is 14.8. The summed E-state index contributed by atoms with van der Waals surface area (Å²) in [6.45, 7) is 56.5. The number of carbonyl (C=O) groups is 5. The molecule has 1 heterocycles. The lowest BCUT2D eigenvalue weighted by atomic mass is 9.92. The van der Waals surface area contributed by atoms with Crippen molar-refractivity contribution < 1.29 is 34.2 Å². The van der Waals surface area contributed by atoms with Gasteiger partial charge in [0.05, 0.1) is 0 Å². The molecule has 3 N–H and O–H groups in total. The molecular formula is C68H124N6O7. The summed E-state index contributed by atoms with van der Waals surface area (Å²) in [5, 5.41) is 21.1. The Morgan fingerprint density at radius 2 is 0.790 bits per heavy atom. The van der Waals surface area contributed by atoms with E-state index in [2.05, 4.69) is 153 Å². The summed E-state index contributed by atoms with van der Waals surface area (Å²) in [4.78, 5) is 70.8. The van der Waals surface area contributed by atoms with Crippen LogP contribution in [0.5, 0.6) is 0 Å². The molecule has 0 saturated carbocycles. The number of aromatic amines is 1. The van der Waals surface area contributed by atoms with E-state index in [1.807, 2.05) is 89.5 Å². The van der Waals surface area contributed by atoms with Crippen molar-refractivity contribution in [3.8, 4) is 0 Å². The minimum Gasteiger partial charge on any atom is -0.378 e. The summed E-state index contributed by atoms with van der Waals surface area (Å²) in [5.74, 6) is 0.785. The Labute approximate surface area is 496 Å². The number of nitrogens with zero attached hydrogens (tertiary/aromatic N) is 5. The van der Waals surface area contributed by atoms with Crippen molar-refractivity contribution in [3.05, 3.63) is 71.9 Å². The number of aliphatic hydroxyl groups is 2. The number of hydrogen-bond acceptors (Lipinski definition) is 12. The average molecular weight is 1140 g/mol. The molecule has 3 rings (SSSR count). The molecule has 0 fully saturated rings. The highest BCUT2D eigenvalue weighted by molar-refractivity contribution is 5.85. The Hall–Kier alpha value is -3.95. The third-order valence-electron chi connectivity index (χ3n) is 14.0. The van der Waals surface area contributed by atoms with Crippen molar-refractivity contribution in [1.82, 2.24) is 29.5 Å². The Morgan fingerprint density at radius 1 is 0.444 bits per heavy atom. The highest BCUT2D eigenvalue weighted by Crippen LogP contribution is 2.34. The van der Waals surface area contributed by atoms with Gasteiger partial charge in [0.1, 0.15) is 40.9 Å². The number of nitrogens with one attached hydrogen (secondary N) is 1. The molecule has 2 aromatic carbocycles. The van der Waals surface area contributed by atoms with Gasteiger partial charge in [-0.25, -0.2) is 0 Å². The number of fused-ring (bicyclic) bond motifs is 1. The van der Waals surface area contributed by atoms with Crippen molar-refractivity contribution in [1.29, 1.82) is 0 Å². The number of aliphatic hydroxyl groups excluding tert-OH is 1. The van der Waals surface area contributed by atoms with Gasteiger partial charge in [-0.1, -0.05) is 56.0 Å². The van der Waals surface area contributed by atoms with Gasteiger partial charge in [0.25, 0.3) is 0 Å². The number of H-pyrrole nitrogens is 1. The normalized spacial score (nSPS) is 13.8. The summed E-state index contributed by atoms with van der Waals surface area (Å²) in [6.07, 6.45) is 3.59. The van der Waals surface area contributed by atoms with Crippen LogP contribution in [-0.4, -0.2) is 147 Å². The zero-order valence-corrected chi connectivity index (χ0v) is 56.0. The highest BCUT2D eigenvalue weighted by Gasteiger charge is 2.35. The van der Waals surface area contributed by atoms with E-state index in [4.69, 9.17) is 0 Å². The number of benzene rings is 2. The molecule has 0 spiro atoms. The smallest absolute Gasteiger partial charge is 0.134 e. The molecule has 3 aromatic rings. The Morgan fingerprint density at radius 3 is 1.14 bits per heavy atom. The lowest BCUT2D eigenvalue weighted by molar-refractivity contribution is -0.146. The topological polar surface area (TPSA) is 158 Å². The SMILES string of the molecule is C.CC(=O)CC(C)(C)N(C(C)C)C(C)C.CC(=O)CC(C)(O)N(C(C)C)C(C)C.CC(=O)CC(O)N(C(C)C)C(C)C.CC(=O)CC(c1c[nH]c2ccccc12)N(C(C)C)C(C)C.CC(=O)CC(c1ccccc1)N(C(C)C)C(C)C. The summed E-state index contributed by atoms with van der Waals surface area (Å²) >= 11 is 0. The fraction of sp³-hybridized carbons (Fsp3) is 0.721. The van der Waals surface area contributed by atoms with E-state index in [1.165, 1.54) is 30.4 Å². The number of Topliss-reactive ketones (excluding diaryl/α,β-unsaturated/α-hetero) is 5. The second-order valence-electron chi connectivity index (χ2n) is 25.8. The minimum atomic E-state index is -1.03. The van der Waals surface area contributed by atoms with Crippen molar-refractivity contribution in [2.75, 3.05) is 0 Å². The van der Waals surface area contributed by atoms with Gasteiger partial charge in [0.2, 0.25) is 0 Å². The lowest BCUT2D eigenvalue weighted by Gasteiger charge is -2.44. The zero-order valence-electron chi connectivity index (χ0n) is 56.0. The van der Waals surface area contributed by atoms with Gasteiger partial charge in [-0.05, 0) is 211 Å². The zero-order chi connectivity index (χ0) is 62.9. The first-order chi connectivity index (χ1) is 36.6. The third-order valence-corrected chi connectivity index (χ3v) is 14.0. The Kier molecular flexibility index (Phi) is 38.9. The minimum absolute atomic E-state index is 0. The quantitative estimate of drug-likeness (QED) is 0.0622. The first-order valence-corrected chi connectivity index (χ1v) is 29.9. The maximum absolute atomic E-state index is 11.8. The van der Waals surface area contributed by atoms with Gasteiger partial charge in [-0.15, -0.1) is 0 Å². The fourth-order valence-electron chi connectivity index (χ4n) is 12.6. The van der Waals surface area contributed by atoms with Crippen molar-refractivity contribution in [2.24, 2.45) is 0 Å². The van der Waals surface area contributed by atoms with Crippen molar-refractivity contribution in [3.63, 3.8) is 0 Å². The average Bonchev–Trinajstić information content (AvgIpc) is 3.68. The molecule has 81 heavy (non-hydrogen) atoms. The van der Waals surface area contributed by atoms with Crippen LogP contribution in [0.4, 0.5) is 0 Å². The molecule has 0 aliphatic carbocycles. The van der Waals surface area contributed by atoms with E-state index in [-0.39, 0.29) is 91.0 Å². The van der Waals surface area contributed by atoms with E-state index in [9.17, 15) is 34.2 Å². The second-order valence-corrected chi connectivity index (χ2v) is 25.8. The van der Waals surface area contributed by atoms with E-state index in [0.717, 1.165) is 5.52 Å². The molecule has 0 bridgehead atoms. The molecule has 13 nitrogen and oxygen atoms in total. The van der Waals surface area contributed by atoms with E-state index in [0.29, 0.717) is 55.5 Å². The monoisotopic (exact) mass is 1140 g/mol. The fourth-order valence-corrected chi connectivity index (χ4v) is 12.6. The number of hydrogen-bond donors (Lipinski definition) is 3. The van der Waals surface area contributed by atoms with Crippen molar-refractivity contribution >= 4 is 39.8 Å². The maximum Gasteiger partial charge on any atom is 0.134 e. The summed E-state index contributed by atoms with van der Waals surface area (Å²) in [7, 11) is 0. The molecule has 468 valence electrons. The van der Waals surface area contributed by atoms with Crippen LogP contribution < -0.4 is 0 Å². The number of rotatable bonds is 27. The van der Waals surface area contributed by atoms with Crippen LogP contribution in [0.25, 0.3) is 10.9 Å². The van der Waals surface area contributed by atoms with Crippen LogP contribution in [0.2, 0.25) is 0 Å². The molecular weight excluding hydrogens is 1010 g/mol. The second kappa shape index (κ2) is 38.8. The number of carbonyl (C=O) groups excluding carboxylic acids is 5. The number of aromatic nitrogens is 1. The molecule has 13 heteroatoms. The first kappa shape index (κ1) is 81.3. The predicted molar refractivity (Wildman–Crippen MR) is 345 cm³/mol. The molecule has 4 unspecified atom stereocenters. The summed E-state index contributed by atoms with van der Waals surface area (Å²) < 4.78 is 0. The van der Waals surface area contributed by atoms with Crippen LogP contribution in [0.15, 0.2) is 60.8 Å². The molecule has 0 aliphatic rings. The van der Waals surface area contributed by atoms with Crippen LogP contribution in [0.1, 0.15) is 257 Å². The van der Waals surface area contributed by atoms with Gasteiger partial charge in [0, 0.05) is 127 Å². The van der Waals surface area contributed by atoms with E-state index >= 15 is 0 Å². The molecule has 0 amide bonds. The molecule has 4 atom stereocenters. The van der Waals surface area contributed by atoms with Crippen molar-refractivity contribution in [2.45, 2.75) is 323 Å². The van der Waals surface area contributed by atoms with E-state index < -0.39 is 12.0 Å². The van der Waals surface area contributed by atoms with Gasteiger partial charge in [-0.3, -0.25) is 48.5 Å². The van der Waals surface area contributed by atoms with Gasteiger partial charge >= 0.3 is 0 Å². The highest BCUT2D eigenvalue weighted by atomic mass is 16.3. The van der Waals surface area contributed by atoms with Crippen LogP contribution >= 0.6 is 0 Å². The molecule has 0 aliphatic heterocycles.